The highest BCUT2D eigenvalue weighted by Gasteiger charge is 2.16. The molecule has 0 aromatic carbocycles. The molecule has 5 heteroatoms. The van der Waals surface area contributed by atoms with Crippen molar-refractivity contribution in [3.05, 3.63) is 30.1 Å². The number of rotatable bonds is 3. The largest absolute Gasteiger partial charge is 0.411 e. The molecule has 1 aromatic rings. The molecule has 0 saturated carbocycles. The van der Waals surface area contributed by atoms with E-state index in [1.165, 1.54) is 6.21 Å². The first-order valence-electron chi connectivity index (χ1n) is 5.38. The van der Waals surface area contributed by atoms with E-state index in [1.54, 1.807) is 29.1 Å². The number of oxime groups is 1. The van der Waals surface area contributed by atoms with Gasteiger partial charge in [-0.3, -0.25) is 4.79 Å². The zero-order valence-corrected chi connectivity index (χ0v) is 10.3. The van der Waals surface area contributed by atoms with Gasteiger partial charge in [0.25, 0.3) is 5.91 Å². The molecular weight excluding hydrogens is 218 g/mol. The highest BCUT2D eigenvalue weighted by Crippen LogP contribution is 1.97. The summed E-state index contributed by atoms with van der Waals surface area (Å²) in [4.78, 5) is 11.6. The van der Waals surface area contributed by atoms with Crippen LogP contribution in [0.25, 0.3) is 0 Å². The molecule has 5 nitrogen and oxygen atoms in total. The Morgan fingerprint density at radius 3 is 2.53 bits per heavy atom. The molecule has 17 heavy (non-hydrogen) atoms. The normalized spacial score (nSPS) is 11.7. The topological polar surface area (TPSA) is 65.6 Å². The Bertz CT molecular complexity index is 405. The molecule has 1 heterocycles. The van der Waals surface area contributed by atoms with Crippen LogP contribution < -0.4 is 9.88 Å². The maximum absolute atomic E-state index is 11.6. The van der Waals surface area contributed by atoms with Crippen LogP contribution in [-0.4, -0.2) is 22.9 Å². The van der Waals surface area contributed by atoms with Crippen molar-refractivity contribution in [2.24, 2.45) is 5.16 Å². The minimum Gasteiger partial charge on any atom is -0.411 e. The maximum Gasteiger partial charge on any atom is 0.286 e. The Morgan fingerprint density at radius 2 is 2.06 bits per heavy atom. The van der Waals surface area contributed by atoms with Gasteiger partial charge < -0.3 is 10.5 Å². The Hall–Kier alpha value is -1.91. The molecule has 2 N–H and O–H groups in total. The van der Waals surface area contributed by atoms with E-state index in [-0.39, 0.29) is 18.0 Å². The van der Waals surface area contributed by atoms with Crippen molar-refractivity contribution in [2.45, 2.75) is 32.9 Å². The predicted octanol–water partition coefficient (Wildman–Crippen LogP) is 0.697. The van der Waals surface area contributed by atoms with Gasteiger partial charge >= 0.3 is 0 Å². The molecule has 1 aromatic heterocycles. The zero-order valence-electron chi connectivity index (χ0n) is 10.3. The first-order valence-corrected chi connectivity index (χ1v) is 5.38. The number of hydrogen-bond donors (Lipinski definition) is 2. The van der Waals surface area contributed by atoms with E-state index in [9.17, 15) is 4.79 Å². The average molecular weight is 236 g/mol. The highest BCUT2D eigenvalue weighted by atomic mass is 16.4. The van der Waals surface area contributed by atoms with Gasteiger partial charge in [0.15, 0.2) is 12.4 Å². The Balaban J connectivity index is 2.60. The van der Waals surface area contributed by atoms with Crippen LogP contribution in [0.15, 0.2) is 29.7 Å². The van der Waals surface area contributed by atoms with E-state index in [0.717, 1.165) is 5.56 Å². The molecule has 0 unspecified atom stereocenters. The molecule has 0 fully saturated rings. The third-order valence-electron chi connectivity index (χ3n) is 1.96. The van der Waals surface area contributed by atoms with E-state index >= 15 is 0 Å². The van der Waals surface area contributed by atoms with Crippen LogP contribution in [0.4, 0.5) is 0 Å². The van der Waals surface area contributed by atoms with Gasteiger partial charge in [-0.25, -0.2) is 0 Å². The van der Waals surface area contributed by atoms with Crippen LogP contribution in [0.1, 0.15) is 26.3 Å². The van der Waals surface area contributed by atoms with Crippen molar-refractivity contribution in [2.75, 3.05) is 0 Å². The second-order valence-electron chi connectivity index (χ2n) is 4.85. The summed E-state index contributed by atoms with van der Waals surface area (Å²) in [7, 11) is 0. The fraction of sp³-hybridized carbons (Fsp3) is 0.417. The molecule has 0 aliphatic heterocycles. The summed E-state index contributed by atoms with van der Waals surface area (Å²) in [6, 6.07) is 3.54. The first kappa shape index (κ1) is 13.2. The first-order chi connectivity index (χ1) is 7.90. The number of hydrogen-bond acceptors (Lipinski definition) is 3. The van der Waals surface area contributed by atoms with Crippen molar-refractivity contribution >= 4 is 12.1 Å². The van der Waals surface area contributed by atoms with Gasteiger partial charge in [-0.2, -0.15) is 4.57 Å². The van der Waals surface area contributed by atoms with Gasteiger partial charge in [0.1, 0.15) is 0 Å². The molecule has 0 saturated heterocycles. The van der Waals surface area contributed by atoms with E-state index in [4.69, 9.17) is 5.21 Å². The summed E-state index contributed by atoms with van der Waals surface area (Å²) < 4.78 is 1.76. The second-order valence-corrected chi connectivity index (χ2v) is 4.85. The van der Waals surface area contributed by atoms with Crippen molar-refractivity contribution in [1.82, 2.24) is 5.32 Å². The molecule has 0 spiro atoms. The lowest BCUT2D eigenvalue weighted by Crippen LogP contribution is -2.48. The lowest BCUT2D eigenvalue weighted by atomic mass is 10.1. The van der Waals surface area contributed by atoms with E-state index in [0.29, 0.717) is 0 Å². The zero-order chi connectivity index (χ0) is 12.9. The van der Waals surface area contributed by atoms with Crippen LogP contribution >= 0.6 is 0 Å². The van der Waals surface area contributed by atoms with Gasteiger partial charge in [0.05, 0.1) is 6.21 Å². The van der Waals surface area contributed by atoms with Crippen LogP contribution in [0, 0.1) is 0 Å². The highest BCUT2D eigenvalue weighted by molar-refractivity contribution is 5.78. The molecule has 1 rings (SSSR count). The lowest BCUT2D eigenvalue weighted by Gasteiger charge is -2.19. The van der Waals surface area contributed by atoms with Crippen molar-refractivity contribution in [3.63, 3.8) is 0 Å². The molecule has 0 atom stereocenters. The number of nitrogens with zero attached hydrogens (tertiary/aromatic N) is 2. The summed E-state index contributed by atoms with van der Waals surface area (Å²) in [6.07, 6.45) is 4.86. The fourth-order valence-electron chi connectivity index (χ4n) is 1.35. The van der Waals surface area contributed by atoms with Crippen molar-refractivity contribution < 1.29 is 14.6 Å². The molecule has 92 valence electrons. The SMILES string of the molecule is CC(C)(C)NC(=O)C[n+]1ccc(C=NO)cc1. The van der Waals surface area contributed by atoms with E-state index in [1.807, 2.05) is 20.8 Å². The molecule has 0 radical (unpaired) electrons. The molecule has 0 aliphatic rings. The number of pyridine rings is 1. The lowest BCUT2D eigenvalue weighted by molar-refractivity contribution is -0.684. The molecule has 0 bridgehead atoms. The summed E-state index contributed by atoms with van der Waals surface area (Å²) in [5.74, 6) is -0.0360. The van der Waals surface area contributed by atoms with Gasteiger partial charge in [-0.05, 0) is 20.8 Å². The minimum absolute atomic E-state index is 0.0360. The fourth-order valence-corrected chi connectivity index (χ4v) is 1.35. The van der Waals surface area contributed by atoms with Gasteiger partial charge in [0, 0.05) is 23.2 Å². The van der Waals surface area contributed by atoms with Crippen LogP contribution in [0.2, 0.25) is 0 Å². The number of nitrogens with one attached hydrogen (secondary N) is 1. The molecule has 0 aliphatic carbocycles. The maximum atomic E-state index is 11.6. The van der Waals surface area contributed by atoms with Crippen molar-refractivity contribution in [3.8, 4) is 0 Å². The van der Waals surface area contributed by atoms with Gasteiger partial charge in [-0.1, -0.05) is 5.16 Å². The monoisotopic (exact) mass is 236 g/mol. The predicted molar refractivity (Wildman–Crippen MR) is 63.9 cm³/mol. The summed E-state index contributed by atoms with van der Waals surface area (Å²) in [5, 5.41) is 14.2. The number of aromatic nitrogens is 1. The number of carbonyl (C=O) groups excluding carboxylic acids is 1. The standard InChI is InChI=1S/C12H17N3O2/c1-12(2,3)14-11(16)9-15-6-4-10(5-7-15)8-13-17/h4-8H,9H2,1-3H3,(H,14,16)/p+1. The van der Waals surface area contributed by atoms with E-state index < -0.39 is 0 Å². The summed E-state index contributed by atoms with van der Waals surface area (Å²) in [6.45, 7) is 6.09. The smallest absolute Gasteiger partial charge is 0.286 e. The summed E-state index contributed by atoms with van der Waals surface area (Å²) in [5.41, 5.74) is 0.557. The molecule has 1 amide bonds. The Labute approximate surface area is 101 Å². The Kier molecular flexibility index (Phi) is 4.20. The minimum atomic E-state index is -0.221. The number of carbonyl (C=O) groups is 1. The van der Waals surface area contributed by atoms with Gasteiger partial charge in [-0.15, -0.1) is 0 Å². The molecular formula is C12H18N3O2+. The van der Waals surface area contributed by atoms with Gasteiger partial charge in [0.2, 0.25) is 6.54 Å². The quantitative estimate of drug-likeness (QED) is 0.351. The van der Waals surface area contributed by atoms with Crippen LogP contribution in [0.3, 0.4) is 0 Å². The van der Waals surface area contributed by atoms with Crippen LogP contribution in [-0.2, 0) is 11.3 Å². The Morgan fingerprint density at radius 1 is 1.47 bits per heavy atom. The van der Waals surface area contributed by atoms with Crippen molar-refractivity contribution in [1.29, 1.82) is 0 Å². The second kappa shape index (κ2) is 5.43. The van der Waals surface area contributed by atoms with E-state index in [2.05, 4.69) is 10.5 Å². The third kappa shape index (κ3) is 5.10. The third-order valence-corrected chi connectivity index (χ3v) is 1.96. The summed E-state index contributed by atoms with van der Waals surface area (Å²) >= 11 is 0. The number of amides is 1. The average Bonchev–Trinajstić information content (AvgIpc) is 2.18. The van der Waals surface area contributed by atoms with Crippen LogP contribution in [0.5, 0.6) is 0 Å².